The van der Waals surface area contributed by atoms with Gasteiger partial charge in [-0.2, -0.15) is 5.10 Å². The van der Waals surface area contributed by atoms with Crippen molar-refractivity contribution in [1.29, 1.82) is 0 Å². The molecule has 214 valence electrons. The molecule has 41 heavy (non-hydrogen) atoms. The zero-order chi connectivity index (χ0) is 29.9. The first-order chi connectivity index (χ1) is 19.3. The van der Waals surface area contributed by atoms with Gasteiger partial charge in [0.1, 0.15) is 0 Å². The number of carbonyl (C=O) groups excluding carboxylic acids is 2. The standard InChI is InChI=1S/C32H35ClN4O2S2/c1-31(2,3)21-8-12-24(13-9-21)40-35-28-17-16-27(33)26(20-38)29(28)30(39)36(7)23-18-34-37(19-23)41-25-14-10-22(11-15-25)32(4,5)6/h8-20,35H,1-7H3. The summed E-state index contributed by atoms with van der Waals surface area (Å²) >= 11 is 9.16. The van der Waals surface area contributed by atoms with E-state index >= 15 is 0 Å². The van der Waals surface area contributed by atoms with Gasteiger partial charge in [-0.3, -0.25) is 9.59 Å². The molecule has 0 spiro atoms. The maximum atomic E-state index is 13.8. The smallest absolute Gasteiger partial charge is 0.261 e. The fourth-order valence-corrected chi connectivity index (χ4v) is 5.69. The van der Waals surface area contributed by atoms with E-state index in [0.29, 0.717) is 17.7 Å². The number of carbonyl (C=O) groups is 2. The van der Waals surface area contributed by atoms with Crippen LogP contribution in [0.3, 0.4) is 0 Å². The quantitative estimate of drug-likeness (QED) is 0.160. The zero-order valence-corrected chi connectivity index (χ0v) is 26.7. The second kappa shape index (κ2) is 12.3. The maximum absolute atomic E-state index is 13.8. The summed E-state index contributed by atoms with van der Waals surface area (Å²) in [4.78, 5) is 29.3. The number of aldehydes is 1. The van der Waals surface area contributed by atoms with Gasteiger partial charge in [-0.1, -0.05) is 77.4 Å². The molecule has 9 heteroatoms. The van der Waals surface area contributed by atoms with Gasteiger partial charge in [-0.05, 0) is 70.3 Å². The average Bonchev–Trinajstić information content (AvgIpc) is 3.39. The Morgan fingerprint density at radius 3 is 2.00 bits per heavy atom. The molecule has 1 N–H and O–H groups in total. The van der Waals surface area contributed by atoms with Crippen LogP contribution >= 0.6 is 35.5 Å². The summed E-state index contributed by atoms with van der Waals surface area (Å²) in [6.07, 6.45) is 4.03. The summed E-state index contributed by atoms with van der Waals surface area (Å²) in [5.74, 6) is -0.375. The van der Waals surface area contributed by atoms with Crippen molar-refractivity contribution in [3.8, 4) is 0 Å². The molecule has 0 saturated heterocycles. The molecule has 6 nitrogen and oxygen atoms in total. The molecule has 3 aromatic carbocycles. The Morgan fingerprint density at radius 2 is 1.46 bits per heavy atom. The Balaban J connectivity index is 1.54. The van der Waals surface area contributed by atoms with Crippen molar-refractivity contribution in [2.75, 3.05) is 16.7 Å². The summed E-state index contributed by atoms with van der Waals surface area (Å²) in [5.41, 5.74) is 4.04. The third-order valence-corrected chi connectivity index (χ3v) is 8.71. The van der Waals surface area contributed by atoms with E-state index < -0.39 is 0 Å². The molecule has 0 aliphatic carbocycles. The van der Waals surface area contributed by atoms with Gasteiger partial charge < -0.3 is 9.62 Å². The molecule has 0 unspecified atom stereocenters. The normalized spacial score (nSPS) is 11.8. The predicted molar refractivity (Wildman–Crippen MR) is 173 cm³/mol. The second-order valence-electron chi connectivity index (χ2n) is 11.8. The van der Waals surface area contributed by atoms with Gasteiger partial charge in [0.05, 0.1) is 34.4 Å². The molecule has 4 rings (SSSR count). The third-order valence-electron chi connectivity index (χ3n) is 6.68. The van der Waals surface area contributed by atoms with Crippen LogP contribution in [0.25, 0.3) is 0 Å². The van der Waals surface area contributed by atoms with Crippen LogP contribution in [-0.2, 0) is 10.8 Å². The fraction of sp³-hybridized carbons (Fsp3) is 0.281. The van der Waals surface area contributed by atoms with Crippen molar-refractivity contribution < 1.29 is 9.59 Å². The summed E-state index contributed by atoms with van der Waals surface area (Å²) in [6, 6.07) is 20.0. The van der Waals surface area contributed by atoms with Gasteiger partial charge in [0.15, 0.2) is 6.29 Å². The Kier molecular flexibility index (Phi) is 9.26. The third kappa shape index (κ3) is 7.36. The highest BCUT2D eigenvalue weighted by Crippen LogP contribution is 2.33. The van der Waals surface area contributed by atoms with E-state index in [1.54, 1.807) is 35.7 Å². The highest BCUT2D eigenvalue weighted by atomic mass is 35.5. The molecule has 1 amide bonds. The van der Waals surface area contributed by atoms with Crippen LogP contribution in [0.2, 0.25) is 5.02 Å². The minimum Gasteiger partial charge on any atom is -0.325 e. The highest BCUT2D eigenvalue weighted by molar-refractivity contribution is 8.00. The van der Waals surface area contributed by atoms with Crippen molar-refractivity contribution >= 4 is 59.1 Å². The largest absolute Gasteiger partial charge is 0.325 e. The lowest BCUT2D eigenvalue weighted by Gasteiger charge is -2.20. The summed E-state index contributed by atoms with van der Waals surface area (Å²) in [5, 5.41) is 4.65. The number of anilines is 2. The van der Waals surface area contributed by atoms with Crippen molar-refractivity contribution in [2.45, 2.75) is 62.2 Å². The Labute approximate surface area is 256 Å². The number of benzene rings is 3. The number of aromatic nitrogens is 2. The van der Waals surface area contributed by atoms with E-state index in [0.717, 1.165) is 9.79 Å². The molecule has 0 bridgehead atoms. The predicted octanol–water partition coefficient (Wildman–Crippen LogP) is 8.90. The van der Waals surface area contributed by atoms with Gasteiger partial charge >= 0.3 is 0 Å². The topological polar surface area (TPSA) is 67.2 Å². The minimum absolute atomic E-state index is 0.0546. The zero-order valence-electron chi connectivity index (χ0n) is 24.4. The van der Waals surface area contributed by atoms with Crippen LogP contribution in [0.15, 0.2) is 82.8 Å². The van der Waals surface area contributed by atoms with Gasteiger partial charge in [-0.15, -0.1) is 0 Å². The molecule has 1 aromatic heterocycles. The molecule has 0 fully saturated rings. The lowest BCUT2D eigenvalue weighted by molar-refractivity contribution is 0.0987. The van der Waals surface area contributed by atoms with E-state index in [1.807, 2.05) is 12.1 Å². The van der Waals surface area contributed by atoms with Crippen LogP contribution in [0, 0.1) is 0 Å². The first-order valence-corrected chi connectivity index (χ1v) is 15.2. The number of amides is 1. The molecule has 1 heterocycles. The van der Waals surface area contributed by atoms with E-state index in [2.05, 4.69) is 87.8 Å². The van der Waals surface area contributed by atoms with Crippen LogP contribution in [-0.4, -0.2) is 28.4 Å². The lowest BCUT2D eigenvalue weighted by atomic mass is 9.87. The molecule has 0 radical (unpaired) electrons. The van der Waals surface area contributed by atoms with Crippen molar-refractivity contribution in [2.24, 2.45) is 0 Å². The molecule has 0 aliphatic heterocycles. The molecule has 4 aromatic rings. The summed E-state index contributed by atoms with van der Waals surface area (Å²) in [7, 11) is 1.66. The van der Waals surface area contributed by atoms with Gasteiger partial charge in [0.2, 0.25) is 0 Å². The number of nitrogens with zero attached hydrogens (tertiary/aromatic N) is 3. The highest BCUT2D eigenvalue weighted by Gasteiger charge is 2.24. The van der Waals surface area contributed by atoms with E-state index in [4.69, 9.17) is 11.6 Å². The number of halogens is 1. The second-order valence-corrected chi connectivity index (χ2v) is 14.1. The van der Waals surface area contributed by atoms with Crippen LogP contribution in [0.1, 0.15) is 73.4 Å². The Hall–Kier alpha value is -3.20. The molecule has 0 aliphatic rings. The Bertz CT molecular complexity index is 1540. The van der Waals surface area contributed by atoms with Crippen molar-refractivity contribution in [3.05, 3.63) is 100 Å². The lowest BCUT2D eigenvalue weighted by Crippen LogP contribution is -2.27. The maximum Gasteiger partial charge on any atom is 0.261 e. The molecular formula is C32H35ClN4O2S2. The van der Waals surface area contributed by atoms with Crippen molar-refractivity contribution in [1.82, 2.24) is 9.19 Å². The van der Waals surface area contributed by atoms with E-state index in [-0.39, 0.29) is 32.9 Å². The van der Waals surface area contributed by atoms with E-state index in [9.17, 15) is 9.59 Å². The first-order valence-electron chi connectivity index (χ1n) is 13.2. The number of nitrogens with one attached hydrogen (secondary N) is 1. The van der Waals surface area contributed by atoms with Gasteiger partial charge in [0.25, 0.3) is 5.91 Å². The van der Waals surface area contributed by atoms with Crippen molar-refractivity contribution in [3.63, 3.8) is 0 Å². The number of hydrogen-bond donors (Lipinski definition) is 1. The number of hydrogen-bond acceptors (Lipinski definition) is 6. The average molecular weight is 607 g/mol. The monoisotopic (exact) mass is 606 g/mol. The van der Waals surface area contributed by atoms with Crippen LogP contribution in [0.5, 0.6) is 0 Å². The van der Waals surface area contributed by atoms with Crippen LogP contribution in [0.4, 0.5) is 11.4 Å². The molecular weight excluding hydrogens is 572 g/mol. The minimum atomic E-state index is -0.375. The molecule has 0 saturated carbocycles. The SMILES string of the molecule is CN(C(=O)c1c(NSc2ccc(C(C)(C)C)cc2)ccc(Cl)c1C=O)c1cnn(Sc2ccc(C(C)(C)C)cc2)c1. The summed E-state index contributed by atoms with van der Waals surface area (Å²) in [6.45, 7) is 13.1. The van der Waals surface area contributed by atoms with E-state index in [1.165, 1.54) is 39.9 Å². The van der Waals surface area contributed by atoms with Gasteiger partial charge in [-0.25, -0.2) is 4.09 Å². The number of rotatable bonds is 8. The van der Waals surface area contributed by atoms with Gasteiger partial charge in [0, 0.05) is 34.4 Å². The Morgan fingerprint density at radius 1 is 0.902 bits per heavy atom. The van der Waals surface area contributed by atoms with Crippen LogP contribution < -0.4 is 9.62 Å². The summed E-state index contributed by atoms with van der Waals surface area (Å²) < 4.78 is 4.96. The fourth-order valence-electron chi connectivity index (χ4n) is 4.09. The first kappa shape index (κ1) is 30.8. The molecule has 0 atom stereocenters.